The smallest absolute Gasteiger partial charge is 0.246 e. The van der Waals surface area contributed by atoms with Crippen LogP contribution in [0.25, 0.3) is 0 Å². The molecule has 1 aromatic carbocycles. The zero-order valence-corrected chi connectivity index (χ0v) is 16.1. The highest BCUT2D eigenvalue weighted by atomic mass is 127. The van der Waals surface area contributed by atoms with Crippen molar-refractivity contribution in [1.29, 1.82) is 0 Å². The molecular formula is C18H25IN4O. The number of nitrogens with zero attached hydrogens (tertiary/aromatic N) is 1. The maximum atomic E-state index is 11.9. The fourth-order valence-corrected chi connectivity index (χ4v) is 2.72. The van der Waals surface area contributed by atoms with Gasteiger partial charge in [0.1, 0.15) is 6.54 Å². The number of guanidine groups is 1. The zero-order chi connectivity index (χ0) is 16.5. The third-order valence-electron chi connectivity index (χ3n) is 3.91. The monoisotopic (exact) mass is 440 g/mol. The van der Waals surface area contributed by atoms with Crippen molar-refractivity contribution >= 4 is 41.5 Å². The van der Waals surface area contributed by atoms with Crippen LogP contribution < -0.4 is 16.4 Å². The van der Waals surface area contributed by atoms with E-state index in [0.29, 0.717) is 17.7 Å². The van der Waals surface area contributed by atoms with Crippen LogP contribution >= 0.6 is 24.0 Å². The Labute approximate surface area is 160 Å². The molecule has 0 bridgehead atoms. The minimum absolute atomic E-state index is 0. The minimum atomic E-state index is -0.218. The second-order valence-corrected chi connectivity index (χ2v) is 5.81. The predicted molar refractivity (Wildman–Crippen MR) is 110 cm³/mol. The molecule has 130 valence electrons. The molecule has 0 heterocycles. The lowest BCUT2D eigenvalue weighted by molar-refractivity contribution is -0.114. The maximum absolute atomic E-state index is 11.9. The molecule has 0 aliphatic heterocycles. The number of hydrogen-bond acceptors (Lipinski definition) is 2. The van der Waals surface area contributed by atoms with Crippen LogP contribution in [-0.4, -0.2) is 24.5 Å². The average Bonchev–Trinajstić information content (AvgIpc) is 2.82. The van der Waals surface area contributed by atoms with Gasteiger partial charge in [-0.1, -0.05) is 37.7 Å². The van der Waals surface area contributed by atoms with Crippen molar-refractivity contribution < 1.29 is 4.79 Å². The van der Waals surface area contributed by atoms with Gasteiger partial charge in [-0.3, -0.25) is 4.79 Å². The van der Waals surface area contributed by atoms with Gasteiger partial charge in [0, 0.05) is 17.3 Å². The van der Waals surface area contributed by atoms with Crippen molar-refractivity contribution in [2.75, 3.05) is 11.9 Å². The van der Waals surface area contributed by atoms with E-state index in [2.05, 4.69) is 21.5 Å². The van der Waals surface area contributed by atoms with E-state index < -0.39 is 0 Å². The van der Waals surface area contributed by atoms with E-state index in [1.807, 2.05) is 6.07 Å². The quantitative estimate of drug-likeness (QED) is 0.222. The molecule has 0 unspecified atom stereocenters. The number of carbonyl (C=O) groups excluding carboxylic acids is 1. The Morgan fingerprint density at radius 3 is 2.67 bits per heavy atom. The predicted octanol–water partition coefficient (Wildman–Crippen LogP) is 2.85. The van der Waals surface area contributed by atoms with Crippen LogP contribution in [0.1, 0.15) is 44.1 Å². The molecule has 1 saturated carbocycles. The van der Waals surface area contributed by atoms with Gasteiger partial charge >= 0.3 is 0 Å². The molecule has 4 N–H and O–H groups in total. The number of terminal acetylenes is 1. The molecule has 1 fully saturated rings. The van der Waals surface area contributed by atoms with Crippen molar-refractivity contribution in [2.45, 2.75) is 44.6 Å². The van der Waals surface area contributed by atoms with Crippen molar-refractivity contribution in [3.63, 3.8) is 0 Å². The Balaban J connectivity index is 0.00000288. The maximum Gasteiger partial charge on any atom is 0.246 e. The summed E-state index contributed by atoms with van der Waals surface area (Å²) in [6, 6.07) is 7.51. The zero-order valence-electron chi connectivity index (χ0n) is 13.8. The number of nitrogens with one attached hydrogen (secondary N) is 2. The number of anilines is 1. The lowest BCUT2D eigenvalue weighted by atomic mass is 10.1. The molecule has 5 nitrogen and oxygen atoms in total. The van der Waals surface area contributed by atoms with E-state index >= 15 is 0 Å². The lowest BCUT2D eigenvalue weighted by Gasteiger charge is -2.16. The van der Waals surface area contributed by atoms with E-state index in [1.165, 1.54) is 25.7 Å². The molecule has 1 aliphatic rings. The topological polar surface area (TPSA) is 79.5 Å². The number of carbonyl (C=O) groups is 1. The van der Waals surface area contributed by atoms with Crippen LogP contribution in [0, 0.1) is 12.3 Å². The number of hydrogen-bond donors (Lipinski definition) is 3. The van der Waals surface area contributed by atoms with Gasteiger partial charge in [0.25, 0.3) is 0 Å². The highest BCUT2D eigenvalue weighted by molar-refractivity contribution is 14.0. The van der Waals surface area contributed by atoms with Crippen LogP contribution in [0.15, 0.2) is 29.3 Å². The summed E-state index contributed by atoms with van der Waals surface area (Å²) in [4.78, 5) is 16.0. The van der Waals surface area contributed by atoms with Crippen molar-refractivity contribution in [2.24, 2.45) is 10.7 Å². The molecule has 2 rings (SSSR count). The van der Waals surface area contributed by atoms with E-state index in [4.69, 9.17) is 12.2 Å². The van der Waals surface area contributed by atoms with Crippen LogP contribution in [0.4, 0.5) is 5.69 Å². The first-order chi connectivity index (χ1) is 11.2. The van der Waals surface area contributed by atoms with Gasteiger partial charge in [-0.05, 0) is 31.0 Å². The summed E-state index contributed by atoms with van der Waals surface area (Å²) in [7, 11) is 0. The first kappa shape index (κ1) is 20.3. The van der Waals surface area contributed by atoms with Crippen molar-refractivity contribution in [3.05, 3.63) is 29.8 Å². The molecule has 1 aliphatic carbocycles. The molecule has 0 saturated heterocycles. The number of amides is 1. The molecule has 0 aromatic heterocycles. The molecule has 1 amide bonds. The second kappa shape index (κ2) is 10.9. The van der Waals surface area contributed by atoms with Gasteiger partial charge in [0.2, 0.25) is 5.91 Å². The number of nitrogens with two attached hydrogens (primary N) is 1. The summed E-state index contributed by atoms with van der Waals surface area (Å²) in [5.74, 6) is 2.65. The normalized spacial score (nSPS) is 15.5. The second-order valence-electron chi connectivity index (χ2n) is 5.81. The third-order valence-corrected chi connectivity index (χ3v) is 3.91. The van der Waals surface area contributed by atoms with Gasteiger partial charge in [-0.25, -0.2) is 4.99 Å². The Morgan fingerprint density at radius 2 is 2.00 bits per heavy atom. The lowest BCUT2D eigenvalue weighted by Crippen LogP contribution is -2.40. The van der Waals surface area contributed by atoms with E-state index in [0.717, 1.165) is 18.4 Å². The van der Waals surface area contributed by atoms with Gasteiger partial charge in [-0.2, -0.15) is 0 Å². The standard InChI is InChI=1S/C18H24N4O.HI/c1-2-14-8-7-11-16(12-14)21-17(23)13-20-18(19)22-15-9-5-3-4-6-10-15;/h1,7-8,11-12,15H,3-6,9-10,13H2,(H,21,23)(H3,19,20,22);1H. The van der Waals surface area contributed by atoms with Gasteiger partial charge in [-0.15, -0.1) is 30.4 Å². The third kappa shape index (κ3) is 7.21. The molecule has 0 spiro atoms. The Hall–Kier alpha value is -1.75. The molecule has 0 atom stereocenters. The molecule has 0 radical (unpaired) electrons. The Kier molecular flexibility index (Phi) is 9.23. The molecule has 1 aromatic rings. The number of rotatable bonds is 4. The minimum Gasteiger partial charge on any atom is -0.370 e. The summed E-state index contributed by atoms with van der Waals surface area (Å²) in [6.45, 7) is -0.00810. The van der Waals surface area contributed by atoms with Crippen LogP contribution in [0.2, 0.25) is 0 Å². The number of benzene rings is 1. The summed E-state index contributed by atoms with van der Waals surface area (Å²) < 4.78 is 0. The van der Waals surface area contributed by atoms with Gasteiger partial charge < -0.3 is 16.4 Å². The average molecular weight is 440 g/mol. The van der Waals surface area contributed by atoms with Gasteiger partial charge in [0.05, 0.1) is 0 Å². The highest BCUT2D eigenvalue weighted by Crippen LogP contribution is 2.16. The van der Waals surface area contributed by atoms with Crippen LogP contribution in [-0.2, 0) is 4.79 Å². The Morgan fingerprint density at radius 1 is 1.29 bits per heavy atom. The van der Waals surface area contributed by atoms with Crippen molar-refractivity contribution in [1.82, 2.24) is 5.32 Å². The van der Waals surface area contributed by atoms with E-state index in [-0.39, 0.29) is 36.4 Å². The summed E-state index contributed by atoms with van der Waals surface area (Å²) in [5, 5.41) is 5.98. The fraction of sp³-hybridized carbons (Fsp3) is 0.444. The molecule has 6 heteroatoms. The number of halogens is 1. The van der Waals surface area contributed by atoms with Crippen LogP contribution in [0.3, 0.4) is 0 Å². The van der Waals surface area contributed by atoms with Crippen molar-refractivity contribution in [3.8, 4) is 12.3 Å². The SMILES string of the molecule is C#Cc1cccc(NC(=O)CN=C(N)NC2CCCCCC2)c1.I. The first-order valence-electron chi connectivity index (χ1n) is 8.10. The molecular weight excluding hydrogens is 415 g/mol. The number of aliphatic imine (C=N–C) groups is 1. The molecule has 24 heavy (non-hydrogen) atoms. The first-order valence-corrected chi connectivity index (χ1v) is 8.10. The fourth-order valence-electron chi connectivity index (χ4n) is 2.72. The highest BCUT2D eigenvalue weighted by Gasteiger charge is 2.12. The van der Waals surface area contributed by atoms with E-state index in [1.54, 1.807) is 18.2 Å². The van der Waals surface area contributed by atoms with E-state index in [9.17, 15) is 4.79 Å². The van der Waals surface area contributed by atoms with Crippen LogP contribution in [0.5, 0.6) is 0 Å². The summed E-state index contributed by atoms with van der Waals surface area (Å²) >= 11 is 0. The summed E-state index contributed by atoms with van der Waals surface area (Å²) in [6.07, 6.45) is 12.6. The van der Waals surface area contributed by atoms with Gasteiger partial charge in [0.15, 0.2) is 5.96 Å². The largest absolute Gasteiger partial charge is 0.370 e. The Bertz CT molecular complexity index is 601. The summed E-state index contributed by atoms with van der Waals surface area (Å²) in [5.41, 5.74) is 7.26.